The van der Waals surface area contributed by atoms with Gasteiger partial charge in [-0.3, -0.25) is 0 Å². The first-order chi connectivity index (χ1) is 8.35. The van der Waals surface area contributed by atoms with Crippen LogP contribution < -0.4 is 5.73 Å². The van der Waals surface area contributed by atoms with Crippen molar-refractivity contribution < 1.29 is 17.7 Å². The molecule has 0 unspecified atom stereocenters. The SMILES string of the molecule is Cc1cc(N)sc1-c1nc(CCC(F)(F)F)no1. The Morgan fingerprint density at radius 3 is 2.72 bits per heavy atom. The molecule has 0 radical (unpaired) electrons. The molecule has 0 saturated carbocycles. The molecular formula is C10H10F3N3OS. The number of aryl methyl sites for hydroxylation is 2. The second-order valence-electron chi connectivity index (χ2n) is 3.79. The van der Waals surface area contributed by atoms with Crippen LogP contribution in [0, 0.1) is 6.92 Å². The third-order valence-electron chi connectivity index (χ3n) is 2.23. The van der Waals surface area contributed by atoms with Gasteiger partial charge in [-0.15, -0.1) is 11.3 Å². The van der Waals surface area contributed by atoms with E-state index in [0.29, 0.717) is 9.88 Å². The summed E-state index contributed by atoms with van der Waals surface area (Å²) < 4.78 is 41.1. The average molecular weight is 277 g/mol. The van der Waals surface area contributed by atoms with E-state index in [2.05, 4.69) is 10.1 Å². The fourth-order valence-electron chi connectivity index (χ4n) is 1.42. The van der Waals surface area contributed by atoms with E-state index in [1.807, 2.05) is 6.92 Å². The van der Waals surface area contributed by atoms with E-state index in [1.165, 1.54) is 11.3 Å². The van der Waals surface area contributed by atoms with E-state index >= 15 is 0 Å². The number of aromatic nitrogens is 2. The fraction of sp³-hybridized carbons (Fsp3) is 0.400. The van der Waals surface area contributed by atoms with Crippen molar-refractivity contribution in [2.45, 2.75) is 25.9 Å². The lowest BCUT2D eigenvalue weighted by Crippen LogP contribution is -2.09. The van der Waals surface area contributed by atoms with E-state index in [4.69, 9.17) is 10.3 Å². The summed E-state index contributed by atoms with van der Waals surface area (Å²) in [4.78, 5) is 4.63. The maximum Gasteiger partial charge on any atom is 0.389 e. The normalized spacial score (nSPS) is 12.0. The Morgan fingerprint density at radius 2 is 2.17 bits per heavy atom. The number of thiophene rings is 1. The van der Waals surface area contributed by atoms with Gasteiger partial charge in [-0.2, -0.15) is 18.2 Å². The highest BCUT2D eigenvalue weighted by Gasteiger charge is 2.27. The van der Waals surface area contributed by atoms with E-state index in [9.17, 15) is 13.2 Å². The van der Waals surface area contributed by atoms with Gasteiger partial charge in [0.25, 0.3) is 5.89 Å². The van der Waals surface area contributed by atoms with Gasteiger partial charge in [0, 0.05) is 6.42 Å². The molecule has 0 amide bonds. The zero-order valence-electron chi connectivity index (χ0n) is 9.41. The first-order valence-corrected chi connectivity index (χ1v) is 5.92. The summed E-state index contributed by atoms with van der Waals surface area (Å²) in [5.41, 5.74) is 6.48. The third kappa shape index (κ3) is 3.00. The van der Waals surface area contributed by atoms with Crippen LogP contribution in [0.15, 0.2) is 10.6 Å². The molecule has 2 N–H and O–H groups in total. The van der Waals surface area contributed by atoms with Gasteiger partial charge in [0.2, 0.25) is 0 Å². The zero-order chi connectivity index (χ0) is 13.3. The van der Waals surface area contributed by atoms with Crippen LogP contribution in [0.5, 0.6) is 0 Å². The van der Waals surface area contributed by atoms with Crippen LogP contribution >= 0.6 is 11.3 Å². The predicted octanol–water partition coefficient (Wildman–Crippen LogP) is 3.18. The molecule has 0 fully saturated rings. The summed E-state index contributed by atoms with van der Waals surface area (Å²) in [6, 6.07) is 1.75. The second-order valence-corrected chi connectivity index (χ2v) is 4.88. The Labute approximate surface area is 105 Å². The number of hydrogen-bond acceptors (Lipinski definition) is 5. The highest BCUT2D eigenvalue weighted by molar-refractivity contribution is 7.19. The molecule has 0 aliphatic rings. The van der Waals surface area contributed by atoms with E-state index in [0.717, 1.165) is 5.56 Å². The molecule has 98 valence electrons. The molecular weight excluding hydrogens is 267 g/mol. The van der Waals surface area contributed by atoms with Crippen molar-refractivity contribution in [2.24, 2.45) is 0 Å². The summed E-state index contributed by atoms with van der Waals surface area (Å²) in [5, 5.41) is 4.12. The molecule has 2 rings (SSSR count). The Bertz CT molecular complexity index is 547. The number of nitrogens with two attached hydrogens (primary N) is 1. The molecule has 0 saturated heterocycles. The van der Waals surface area contributed by atoms with Crippen LogP contribution in [0.4, 0.5) is 18.2 Å². The van der Waals surface area contributed by atoms with Gasteiger partial charge >= 0.3 is 6.18 Å². The minimum Gasteiger partial charge on any atom is -0.391 e. The first kappa shape index (κ1) is 12.9. The van der Waals surface area contributed by atoms with Crippen molar-refractivity contribution in [2.75, 3.05) is 5.73 Å². The summed E-state index contributed by atoms with van der Waals surface area (Å²) in [5.74, 6) is 0.264. The van der Waals surface area contributed by atoms with Gasteiger partial charge in [-0.25, -0.2) is 0 Å². The average Bonchev–Trinajstić information content (AvgIpc) is 2.81. The fourth-order valence-corrected chi connectivity index (χ4v) is 2.28. The van der Waals surface area contributed by atoms with Gasteiger partial charge in [-0.1, -0.05) is 5.16 Å². The van der Waals surface area contributed by atoms with Crippen molar-refractivity contribution in [3.05, 3.63) is 17.5 Å². The summed E-state index contributed by atoms with van der Waals surface area (Å²) in [6.07, 6.45) is -5.46. The summed E-state index contributed by atoms with van der Waals surface area (Å²) in [7, 11) is 0. The molecule has 2 heterocycles. The molecule has 18 heavy (non-hydrogen) atoms. The van der Waals surface area contributed by atoms with Crippen LogP contribution in [0.2, 0.25) is 0 Å². The molecule has 2 aromatic rings. The number of nitrogens with zero attached hydrogens (tertiary/aromatic N) is 2. The topological polar surface area (TPSA) is 64.9 Å². The van der Waals surface area contributed by atoms with E-state index in [1.54, 1.807) is 6.07 Å². The number of nitrogen functional groups attached to an aromatic ring is 1. The number of alkyl halides is 3. The molecule has 0 spiro atoms. The summed E-state index contributed by atoms with van der Waals surface area (Å²) in [6.45, 7) is 1.82. The monoisotopic (exact) mass is 277 g/mol. The Morgan fingerprint density at radius 1 is 1.44 bits per heavy atom. The minimum atomic E-state index is -4.22. The number of halogens is 3. The Balaban J connectivity index is 2.13. The molecule has 4 nitrogen and oxygen atoms in total. The maximum atomic E-state index is 12.0. The molecule has 0 aromatic carbocycles. The van der Waals surface area contributed by atoms with E-state index in [-0.39, 0.29) is 18.1 Å². The zero-order valence-corrected chi connectivity index (χ0v) is 10.2. The van der Waals surface area contributed by atoms with E-state index < -0.39 is 12.6 Å². The smallest absolute Gasteiger partial charge is 0.389 e. The molecule has 2 aromatic heterocycles. The predicted molar refractivity (Wildman–Crippen MR) is 61.1 cm³/mol. The highest BCUT2D eigenvalue weighted by atomic mass is 32.1. The standard InChI is InChI=1S/C10H10F3N3OS/c1-5-4-6(14)18-8(5)9-15-7(16-17-9)2-3-10(11,12)13/h4H,2-3,14H2,1H3. The van der Waals surface area contributed by atoms with Gasteiger partial charge < -0.3 is 10.3 Å². The van der Waals surface area contributed by atoms with Crippen molar-refractivity contribution in [3.63, 3.8) is 0 Å². The van der Waals surface area contributed by atoms with Gasteiger partial charge in [0.1, 0.15) is 0 Å². The van der Waals surface area contributed by atoms with Crippen LogP contribution in [0.1, 0.15) is 17.8 Å². The second kappa shape index (κ2) is 4.60. The van der Waals surface area contributed by atoms with Crippen LogP contribution in [0.3, 0.4) is 0 Å². The third-order valence-corrected chi connectivity index (χ3v) is 3.29. The van der Waals surface area contributed by atoms with Crippen LogP contribution in [-0.2, 0) is 6.42 Å². The largest absolute Gasteiger partial charge is 0.391 e. The number of hydrogen-bond donors (Lipinski definition) is 1. The van der Waals surface area contributed by atoms with Gasteiger partial charge in [-0.05, 0) is 18.6 Å². The van der Waals surface area contributed by atoms with Crippen molar-refractivity contribution in [1.29, 1.82) is 0 Å². The molecule has 0 bridgehead atoms. The lowest BCUT2D eigenvalue weighted by atomic mass is 10.3. The lowest BCUT2D eigenvalue weighted by Gasteiger charge is -2.01. The highest BCUT2D eigenvalue weighted by Crippen LogP contribution is 2.32. The van der Waals surface area contributed by atoms with Crippen LogP contribution in [-0.4, -0.2) is 16.3 Å². The van der Waals surface area contributed by atoms with Gasteiger partial charge in [0.05, 0.1) is 16.3 Å². The van der Waals surface area contributed by atoms with Crippen molar-refractivity contribution >= 4 is 16.3 Å². The van der Waals surface area contributed by atoms with Crippen molar-refractivity contribution in [1.82, 2.24) is 10.1 Å². The molecule has 8 heteroatoms. The molecule has 0 aliphatic heterocycles. The molecule has 0 aliphatic carbocycles. The maximum absolute atomic E-state index is 12.0. The quantitative estimate of drug-likeness (QED) is 0.935. The summed E-state index contributed by atoms with van der Waals surface area (Å²) >= 11 is 1.26. The number of rotatable bonds is 3. The van der Waals surface area contributed by atoms with Crippen molar-refractivity contribution in [3.8, 4) is 10.8 Å². The Hall–Kier alpha value is -1.57. The van der Waals surface area contributed by atoms with Crippen LogP contribution in [0.25, 0.3) is 10.8 Å². The lowest BCUT2D eigenvalue weighted by molar-refractivity contribution is -0.134. The first-order valence-electron chi connectivity index (χ1n) is 5.11. The minimum absolute atomic E-state index is 0.0497. The Kier molecular flexibility index (Phi) is 3.29. The van der Waals surface area contributed by atoms with Gasteiger partial charge in [0.15, 0.2) is 5.82 Å². The number of anilines is 1. The molecule has 0 atom stereocenters.